The van der Waals surface area contributed by atoms with E-state index in [1.807, 2.05) is 10.8 Å². The van der Waals surface area contributed by atoms with Crippen molar-refractivity contribution in [1.82, 2.24) is 24.8 Å². The van der Waals surface area contributed by atoms with Crippen LogP contribution in [0, 0.1) is 0 Å². The minimum Gasteiger partial charge on any atom is -0.491 e. The van der Waals surface area contributed by atoms with Crippen molar-refractivity contribution in [3.05, 3.63) is 62.8 Å². The summed E-state index contributed by atoms with van der Waals surface area (Å²) in [6.07, 6.45) is 6.77. The molecule has 1 saturated heterocycles. The van der Waals surface area contributed by atoms with E-state index in [4.69, 9.17) is 16.3 Å². The van der Waals surface area contributed by atoms with Gasteiger partial charge in [0.2, 0.25) is 0 Å². The highest BCUT2D eigenvalue weighted by atomic mass is 35.5. The van der Waals surface area contributed by atoms with Gasteiger partial charge in [-0.2, -0.15) is 0 Å². The summed E-state index contributed by atoms with van der Waals surface area (Å²) >= 11 is 6.54. The van der Waals surface area contributed by atoms with Gasteiger partial charge in [0.05, 0.1) is 34.6 Å². The highest BCUT2D eigenvalue weighted by molar-refractivity contribution is 6.32. The number of pyridine rings is 3. The molecule has 3 aliphatic heterocycles. The molecule has 0 radical (unpaired) electrons. The van der Waals surface area contributed by atoms with Gasteiger partial charge in [0.25, 0.3) is 5.56 Å². The molecule has 0 bridgehead atoms. The summed E-state index contributed by atoms with van der Waals surface area (Å²) in [5.41, 5.74) is 5.23. The third-order valence-corrected chi connectivity index (χ3v) is 7.38. The largest absolute Gasteiger partial charge is 0.491 e. The van der Waals surface area contributed by atoms with Gasteiger partial charge in [-0.05, 0) is 38.1 Å². The van der Waals surface area contributed by atoms with Crippen LogP contribution in [0.5, 0.6) is 5.75 Å². The second-order valence-corrected chi connectivity index (χ2v) is 9.48. The molecule has 3 aromatic heterocycles. The number of ether oxygens (including phenoxy) is 1. The number of likely N-dealkylation sites (tertiary alicyclic amines) is 1. The summed E-state index contributed by atoms with van der Waals surface area (Å²) in [4.78, 5) is 23.8. The summed E-state index contributed by atoms with van der Waals surface area (Å²) in [7, 11) is 0. The third-order valence-electron chi connectivity index (χ3n) is 7.07. The van der Waals surface area contributed by atoms with Gasteiger partial charge in [-0.15, -0.1) is 0 Å². The van der Waals surface area contributed by atoms with Gasteiger partial charge in [-0.25, -0.2) is 0 Å². The first kappa shape index (κ1) is 20.1. The molecule has 8 heteroatoms. The van der Waals surface area contributed by atoms with Crippen molar-refractivity contribution in [2.75, 3.05) is 26.2 Å². The first-order valence-electron chi connectivity index (χ1n) is 11.4. The molecule has 0 aromatic carbocycles. The van der Waals surface area contributed by atoms with Crippen molar-refractivity contribution < 1.29 is 4.74 Å². The van der Waals surface area contributed by atoms with Crippen LogP contribution in [0.15, 0.2) is 35.4 Å². The quantitative estimate of drug-likeness (QED) is 0.643. The van der Waals surface area contributed by atoms with Crippen LogP contribution >= 0.6 is 11.6 Å². The Balaban J connectivity index is 1.07. The summed E-state index contributed by atoms with van der Waals surface area (Å²) in [6.45, 7) is 5.24. The molecular weight excluding hydrogens is 426 g/mol. The van der Waals surface area contributed by atoms with Gasteiger partial charge < -0.3 is 19.5 Å². The number of piperidine rings is 1. The summed E-state index contributed by atoms with van der Waals surface area (Å²) in [6, 6.07) is 6.08. The Labute approximate surface area is 191 Å². The van der Waals surface area contributed by atoms with Crippen LogP contribution in [-0.2, 0) is 19.5 Å². The van der Waals surface area contributed by atoms with Crippen LogP contribution in [0.1, 0.15) is 35.6 Å². The average Bonchev–Trinajstić information content (AvgIpc) is 3.43. The maximum Gasteiger partial charge on any atom is 0.251 e. The zero-order valence-corrected chi connectivity index (χ0v) is 18.6. The predicted octanol–water partition coefficient (Wildman–Crippen LogP) is 2.73. The maximum atomic E-state index is 12.4. The first-order valence-corrected chi connectivity index (χ1v) is 11.8. The number of nitrogens with zero attached hydrogens (tertiary/aromatic N) is 4. The van der Waals surface area contributed by atoms with Crippen LogP contribution in [0.4, 0.5) is 0 Å². The molecule has 1 fully saturated rings. The molecule has 0 spiro atoms. The zero-order chi connectivity index (χ0) is 21.7. The smallest absolute Gasteiger partial charge is 0.251 e. The van der Waals surface area contributed by atoms with Crippen LogP contribution < -0.4 is 15.6 Å². The standard InChI is InChI=1S/C24H26ClN5O2/c25-19-11-28-20-1-2-22(31)30-14-16(23(19)24(20)30)13-29-6-3-17(4-7-29)26-10-18-9-15-5-8-32-21(15)12-27-18/h1-2,9,11-12,16-17,26H,3-8,10,13-14H2. The van der Waals surface area contributed by atoms with Crippen molar-refractivity contribution >= 4 is 22.6 Å². The van der Waals surface area contributed by atoms with Crippen LogP contribution in [-0.4, -0.2) is 51.7 Å². The average molecular weight is 452 g/mol. The van der Waals surface area contributed by atoms with E-state index in [1.165, 1.54) is 5.56 Å². The number of rotatable bonds is 5. The van der Waals surface area contributed by atoms with Gasteiger partial charge >= 0.3 is 0 Å². The van der Waals surface area contributed by atoms with Crippen molar-refractivity contribution in [2.45, 2.75) is 44.3 Å². The minimum atomic E-state index is 0.0277. The molecule has 6 heterocycles. The molecule has 7 nitrogen and oxygen atoms in total. The Bertz CT molecular complexity index is 1240. The fraction of sp³-hybridized carbons (Fsp3) is 0.458. The van der Waals surface area contributed by atoms with Gasteiger partial charge in [-0.1, -0.05) is 11.6 Å². The lowest BCUT2D eigenvalue weighted by atomic mass is 9.98. The normalized spacial score (nSPS) is 20.6. The maximum absolute atomic E-state index is 12.4. The van der Waals surface area contributed by atoms with Crippen molar-refractivity contribution in [1.29, 1.82) is 0 Å². The predicted molar refractivity (Wildman–Crippen MR) is 123 cm³/mol. The molecule has 3 aliphatic rings. The Kier molecular flexibility index (Phi) is 5.12. The lowest BCUT2D eigenvalue weighted by Crippen LogP contribution is -2.43. The zero-order valence-electron chi connectivity index (χ0n) is 17.9. The molecular formula is C24H26ClN5O2. The van der Waals surface area contributed by atoms with Crippen LogP contribution in [0.25, 0.3) is 11.0 Å². The summed E-state index contributed by atoms with van der Waals surface area (Å²) in [5.74, 6) is 1.16. The van der Waals surface area contributed by atoms with Crippen molar-refractivity contribution in [3.8, 4) is 5.75 Å². The second-order valence-electron chi connectivity index (χ2n) is 9.07. The highest BCUT2D eigenvalue weighted by Gasteiger charge is 2.31. The molecule has 1 unspecified atom stereocenters. The van der Waals surface area contributed by atoms with E-state index < -0.39 is 0 Å². The van der Waals surface area contributed by atoms with E-state index in [9.17, 15) is 4.79 Å². The van der Waals surface area contributed by atoms with E-state index in [-0.39, 0.29) is 11.5 Å². The number of hydrogen-bond acceptors (Lipinski definition) is 6. The molecule has 3 aromatic rings. The van der Waals surface area contributed by atoms with Crippen molar-refractivity contribution in [3.63, 3.8) is 0 Å². The van der Waals surface area contributed by atoms with E-state index in [0.29, 0.717) is 17.6 Å². The second kappa shape index (κ2) is 8.14. The summed E-state index contributed by atoms with van der Waals surface area (Å²) < 4.78 is 7.39. The number of nitrogens with one attached hydrogen (secondary N) is 1. The van der Waals surface area contributed by atoms with Crippen molar-refractivity contribution in [2.24, 2.45) is 0 Å². The first-order chi connectivity index (χ1) is 15.7. The number of fused-ring (bicyclic) bond motifs is 1. The van der Waals surface area contributed by atoms with Crippen LogP contribution in [0.2, 0.25) is 5.02 Å². The molecule has 0 aliphatic carbocycles. The van der Waals surface area contributed by atoms with E-state index in [2.05, 4.69) is 26.3 Å². The Morgan fingerprint density at radius 1 is 1.19 bits per heavy atom. The van der Waals surface area contributed by atoms with E-state index in [0.717, 1.165) is 80.1 Å². The third kappa shape index (κ3) is 3.58. The molecule has 6 rings (SSSR count). The van der Waals surface area contributed by atoms with Gasteiger partial charge in [-0.3, -0.25) is 14.8 Å². The fourth-order valence-corrected chi connectivity index (χ4v) is 5.69. The van der Waals surface area contributed by atoms with Gasteiger partial charge in [0.15, 0.2) is 0 Å². The monoisotopic (exact) mass is 451 g/mol. The topological polar surface area (TPSA) is 72.3 Å². The van der Waals surface area contributed by atoms with Crippen LogP contribution in [0.3, 0.4) is 0 Å². The minimum absolute atomic E-state index is 0.0277. The van der Waals surface area contributed by atoms with Gasteiger partial charge in [0, 0.05) is 61.4 Å². The Morgan fingerprint density at radius 2 is 2.06 bits per heavy atom. The number of hydrogen-bond donors (Lipinski definition) is 1. The summed E-state index contributed by atoms with van der Waals surface area (Å²) in [5, 5.41) is 4.35. The molecule has 1 atom stereocenters. The Morgan fingerprint density at radius 3 is 2.94 bits per heavy atom. The molecule has 0 saturated carbocycles. The molecule has 32 heavy (non-hydrogen) atoms. The Hall–Kier alpha value is -2.48. The number of halogens is 1. The molecule has 0 amide bonds. The number of aromatic nitrogens is 3. The lowest BCUT2D eigenvalue weighted by Gasteiger charge is -2.34. The lowest BCUT2D eigenvalue weighted by molar-refractivity contribution is 0.184. The van der Waals surface area contributed by atoms with Gasteiger partial charge in [0.1, 0.15) is 5.75 Å². The molecule has 166 valence electrons. The highest BCUT2D eigenvalue weighted by Crippen LogP contribution is 2.37. The SMILES string of the molecule is O=c1ccc2ncc(Cl)c3c2n1CC3CN1CCC(NCc2cc3c(cn2)OCC3)CC1. The van der Waals surface area contributed by atoms with E-state index >= 15 is 0 Å². The van der Waals surface area contributed by atoms with E-state index in [1.54, 1.807) is 18.3 Å². The molecule has 1 N–H and O–H groups in total. The fourth-order valence-electron chi connectivity index (χ4n) is 5.40.